The summed E-state index contributed by atoms with van der Waals surface area (Å²) in [6, 6.07) is 14.8. The molecule has 0 bridgehead atoms. The van der Waals surface area contributed by atoms with Gasteiger partial charge in [0.05, 0.1) is 17.6 Å². The van der Waals surface area contributed by atoms with Crippen molar-refractivity contribution in [1.82, 2.24) is 0 Å². The summed E-state index contributed by atoms with van der Waals surface area (Å²) in [4.78, 5) is 24.7. The zero-order chi connectivity index (χ0) is 16.4. The predicted octanol–water partition coefficient (Wildman–Crippen LogP) is 4.25. The molecule has 1 amide bonds. The average molecular weight is 325 g/mol. The molecule has 0 aliphatic heterocycles. The fraction of sp³-hybridized carbons (Fsp3) is 0.111. The van der Waals surface area contributed by atoms with E-state index in [4.69, 9.17) is 4.74 Å². The van der Waals surface area contributed by atoms with E-state index in [-0.39, 0.29) is 5.91 Å². The van der Waals surface area contributed by atoms with Gasteiger partial charge in [-0.05, 0) is 42.1 Å². The SMILES string of the molecule is COC(=O)c1ccc(C)c(NC(=O)c2cc3ccccc3s2)c1. The molecule has 0 atom stereocenters. The lowest BCUT2D eigenvalue weighted by Gasteiger charge is -2.09. The Hall–Kier alpha value is -2.66. The normalized spacial score (nSPS) is 10.5. The number of carbonyl (C=O) groups is 2. The van der Waals surface area contributed by atoms with Crippen molar-refractivity contribution in [2.24, 2.45) is 0 Å². The molecule has 2 aromatic carbocycles. The fourth-order valence-electron chi connectivity index (χ4n) is 2.28. The first kappa shape index (κ1) is 15.2. The Balaban J connectivity index is 1.88. The number of carbonyl (C=O) groups excluding carboxylic acids is 2. The highest BCUT2D eigenvalue weighted by Crippen LogP contribution is 2.26. The van der Waals surface area contributed by atoms with Crippen LogP contribution >= 0.6 is 11.3 Å². The first-order chi connectivity index (χ1) is 11.1. The van der Waals surface area contributed by atoms with Crippen LogP contribution in [-0.2, 0) is 4.74 Å². The van der Waals surface area contributed by atoms with Crippen molar-refractivity contribution in [1.29, 1.82) is 0 Å². The number of nitrogens with one attached hydrogen (secondary N) is 1. The maximum atomic E-state index is 12.5. The van der Waals surface area contributed by atoms with Gasteiger partial charge < -0.3 is 10.1 Å². The molecule has 0 saturated carbocycles. The van der Waals surface area contributed by atoms with E-state index in [2.05, 4.69) is 5.32 Å². The van der Waals surface area contributed by atoms with Crippen molar-refractivity contribution in [3.8, 4) is 0 Å². The number of esters is 1. The maximum Gasteiger partial charge on any atom is 0.337 e. The Labute approximate surface area is 137 Å². The van der Waals surface area contributed by atoms with Crippen LogP contribution in [0.15, 0.2) is 48.5 Å². The number of hydrogen-bond acceptors (Lipinski definition) is 4. The third-order valence-corrected chi connectivity index (χ3v) is 4.67. The molecular formula is C18H15NO3S. The third-order valence-electron chi connectivity index (χ3n) is 3.56. The maximum absolute atomic E-state index is 12.5. The van der Waals surface area contributed by atoms with Crippen LogP contribution in [0.4, 0.5) is 5.69 Å². The average Bonchev–Trinajstić information content (AvgIpc) is 3.00. The molecule has 0 fully saturated rings. The number of rotatable bonds is 3. The number of benzene rings is 2. The van der Waals surface area contributed by atoms with Gasteiger partial charge in [-0.3, -0.25) is 4.79 Å². The molecule has 1 N–H and O–H groups in total. The Morgan fingerprint density at radius 1 is 1.09 bits per heavy atom. The van der Waals surface area contributed by atoms with Crippen LogP contribution in [0.2, 0.25) is 0 Å². The van der Waals surface area contributed by atoms with Gasteiger partial charge >= 0.3 is 5.97 Å². The summed E-state index contributed by atoms with van der Waals surface area (Å²) in [6.45, 7) is 1.88. The van der Waals surface area contributed by atoms with Gasteiger partial charge in [-0.25, -0.2) is 4.79 Å². The minimum atomic E-state index is -0.428. The number of methoxy groups -OCH3 is 1. The van der Waals surface area contributed by atoms with E-state index in [0.29, 0.717) is 16.1 Å². The molecule has 4 nitrogen and oxygen atoms in total. The van der Waals surface area contributed by atoms with Crippen molar-refractivity contribution in [2.45, 2.75) is 6.92 Å². The largest absolute Gasteiger partial charge is 0.465 e. The van der Waals surface area contributed by atoms with Crippen LogP contribution < -0.4 is 5.32 Å². The molecule has 0 radical (unpaired) electrons. The topological polar surface area (TPSA) is 55.4 Å². The highest BCUT2D eigenvalue weighted by atomic mass is 32.1. The van der Waals surface area contributed by atoms with Crippen molar-refractivity contribution in [3.05, 3.63) is 64.5 Å². The van der Waals surface area contributed by atoms with Crippen LogP contribution in [0.25, 0.3) is 10.1 Å². The predicted molar refractivity (Wildman–Crippen MR) is 92.3 cm³/mol. The lowest BCUT2D eigenvalue weighted by atomic mass is 10.1. The Kier molecular flexibility index (Phi) is 4.12. The second kappa shape index (κ2) is 6.22. The monoisotopic (exact) mass is 325 g/mol. The molecule has 0 aliphatic carbocycles. The first-order valence-electron chi connectivity index (χ1n) is 7.07. The summed E-state index contributed by atoms with van der Waals surface area (Å²) < 4.78 is 5.78. The van der Waals surface area contributed by atoms with E-state index in [0.717, 1.165) is 15.6 Å². The van der Waals surface area contributed by atoms with Crippen LogP contribution in [0.5, 0.6) is 0 Å². The lowest BCUT2D eigenvalue weighted by molar-refractivity contribution is 0.0600. The number of anilines is 1. The fourth-order valence-corrected chi connectivity index (χ4v) is 3.24. The van der Waals surface area contributed by atoms with Crippen molar-refractivity contribution in [3.63, 3.8) is 0 Å². The molecule has 0 aliphatic rings. The highest BCUT2D eigenvalue weighted by molar-refractivity contribution is 7.20. The second-order valence-electron chi connectivity index (χ2n) is 5.12. The van der Waals surface area contributed by atoms with E-state index >= 15 is 0 Å². The molecule has 0 saturated heterocycles. The van der Waals surface area contributed by atoms with E-state index in [1.54, 1.807) is 18.2 Å². The Morgan fingerprint density at radius 2 is 1.87 bits per heavy atom. The summed E-state index contributed by atoms with van der Waals surface area (Å²) in [5, 5.41) is 3.91. The van der Waals surface area contributed by atoms with Crippen molar-refractivity contribution in [2.75, 3.05) is 12.4 Å². The molecule has 1 heterocycles. The Morgan fingerprint density at radius 3 is 2.61 bits per heavy atom. The zero-order valence-electron chi connectivity index (χ0n) is 12.8. The minimum Gasteiger partial charge on any atom is -0.465 e. The first-order valence-corrected chi connectivity index (χ1v) is 7.89. The van der Waals surface area contributed by atoms with Gasteiger partial charge in [-0.2, -0.15) is 0 Å². The smallest absolute Gasteiger partial charge is 0.337 e. The van der Waals surface area contributed by atoms with Gasteiger partial charge in [0, 0.05) is 10.4 Å². The molecule has 3 aromatic rings. The van der Waals surface area contributed by atoms with Crippen LogP contribution in [0.3, 0.4) is 0 Å². The molecule has 5 heteroatoms. The van der Waals surface area contributed by atoms with Crippen LogP contribution in [-0.4, -0.2) is 19.0 Å². The number of fused-ring (bicyclic) bond motifs is 1. The van der Waals surface area contributed by atoms with E-state index < -0.39 is 5.97 Å². The summed E-state index contributed by atoms with van der Waals surface area (Å²) in [5.41, 5.74) is 1.90. The van der Waals surface area contributed by atoms with Gasteiger partial charge in [0.15, 0.2) is 0 Å². The zero-order valence-corrected chi connectivity index (χ0v) is 13.6. The third kappa shape index (κ3) is 3.10. The van der Waals surface area contributed by atoms with Gasteiger partial charge in [-0.1, -0.05) is 24.3 Å². The molecule has 0 unspecified atom stereocenters. The van der Waals surface area contributed by atoms with E-state index in [9.17, 15) is 9.59 Å². The quantitative estimate of drug-likeness (QED) is 0.733. The van der Waals surface area contributed by atoms with Crippen molar-refractivity contribution < 1.29 is 14.3 Å². The standard InChI is InChI=1S/C18H15NO3S/c1-11-7-8-13(18(21)22-2)9-14(11)19-17(20)16-10-12-5-3-4-6-15(12)23-16/h3-10H,1-2H3,(H,19,20). The molecule has 0 spiro atoms. The highest BCUT2D eigenvalue weighted by Gasteiger charge is 2.13. The number of ether oxygens (including phenoxy) is 1. The number of thiophene rings is 1. The van der Waals surface area contributed by atoms with Crippen LogP contribution in [0.1, 0.15) is 25.6 Å². The molecule has 1 aromatic heterocycles. The van der Waals surface area contributed by atoms with Gasteiger partial charge in [-0.15, -0.1) is 11.3 Å². The minimum absolute atomic E-state index is 0.184. The molecule has 23 heavy (non-hydrogen) atoms. The molecule has 3 rings (SSSR count). The van der Waals surface area contributed by atoms with Gasteiger partial charge in [0.1, 0.15) is 0 Å². The van der Waals surface area contributed by atoms with E-state index in [1.807, 2.05) is 37.3 Å². The molecular weight excluding hydrogens is 310 g/mol. The summed E-state index contributed by atoms with van der Waals surface area (Å²) >= 11 is 1.44. The van der Waals surface area contributed by atoms with Crippen molar-refractivity contribution >= 4 is 39.0 Å². The molecule has 116 valence electrons. The summed E-state index contributed by atoms with van der Waals surface area (Å²) in [6.07, 6.45) is 0. The lowest BCUT2D eigenvalue weighted by Crippen LogP contribution is -2.12. The van der Waals surface area contributed by atoms with Gasteiger partial charge in [0.25, 0.3) is 5.91 Å². The Bertz CT molecular complexity index is 865. The van der Waals surface area contributed by atoms with E-state index in [1.165, 1.54) is 18.4 Å². The van der Waals surface area contributed by atoms with Gasteiger partial charge in [0.2, 0.25) is 0 Å². The number of aryl methyl sites for hydroxylation is 1. The number of amides is 1. The summed E-state index contributed by atoms with van der Waals surface area (Å²) in [7, 11) is 1.33. The van der Waals surface area contributed by atoms with Crippen LogP contribution in [0, 0.1) is 6.92 Å². The summed E-state index contributed by atoms with van der Waals surface area (Å²) in [5.74, 6) is -0.612. The second-order valence-corrected chi connectivity index (χ2v) is 6.21. The number of hydrogen-bond donors (Lipinski definition) is 1.